The predicted octanol–water partition coefficient (Wildman–Crippen LogP) is 4.91. The standard InChI is InChI=1S/C17H36N2S/c1-3-5-6-7-8-9-10-11-12-13-15-19(14-4-2)16-17(18)20/h3-16H2,1-2H3,(H2,18,20). The maximum absolute atomic E-state index is 5.63. The topological polar surface area (TPSA) is 29.3 Å². The third-order valence-electron chi connectivity index (χ3n) is 3.75. The summed E-state index contributed by atoms with van der Waals surface area (Å²) in [4.78, 5) is 3.03. The van der Waals surface area contributed by atoms with Crippen molar-refractivity contribution in [1.82, 2.24) is 4.90 Å². The van der Waals surface area contributed by atoms with Crippen LogP contribution < -0.4 is 5.73 Å². The molecule has 0 bridgehead atoms. The van der Waals surface area contributed by atoms with E-state index in [1.165, 1.54) is 70.6 Å². The fourth-order valence-electron chi connectivity index (χ4n) is 2.63. The first-order chi connectivity index (χ1) is 9.70. The SMILES string of the molecule is CCCCCCCCCCCCN(CCC)CC(N)=S. The van der Waals surface area contributed by atoms with Crippen molar-refractivity contribution in [2.75, 3.05) is 19.6 Å². The van der Waals surface area contributed by atoms with E-state index in [0.29, 0.717) is 4.99 Å². The molecular formula is C17H36N2S. The Balaban J connectivity index is 3.34. The van der Waals surface area contributed by atoms with Crippen molar-refractivity contribution in [2.45, 2.75) is 84.5 Å². The highest BCUT2D eigenvalue weighted by Gasteiger charge is 2.04. The van der Waals surface area contributed by atoms with Crippen molar-refractivity contribution in [3.8, 4) is 0 Å². The van der Waals surface area contributed by atoms with Gasteiger partial charge in [-0.25, -0.2) is 0 Å². The van der Waals surface area contributed by atoms with Gasteiger partial charge in [-0.3, -0.25) is 4.90 Å². The molecule has 0 aromatic rings. The van der Waals surface area contributed by atoms with Crippen molar-refractivity contribution in [2.24, 2.45) is 5.73 Å². The second kappa shape index (κ2) is 15.2. The van der Waals surface area contributed by atoms with Crippen LogP contribution >= 0.6 is 12.2 Å². The van der Waals surface area contributed by atoms with Crippen LogP contribution in [-0.2, 0) is 0 Å². The van der Waals surface area contributed by atoms with Gasteiger partial charge in [0.25, 0.3) is 0 Å². The molecule has 0 atom stereocenters. The monoisotopic (exact) mass is 300 g/mol. The molecular weight excluding hydrogens is 264 g/mol. The lowest BCUT2D eigenvalue weighted by atomic mass is 10.1. The minimum absolute atomic E-state index is 0.630. The van der Waals surface area contributed by atoms with Gasteiger partial charge in [-0.15, -0.1) is 0 Å². The molecule has 0 amide bonds. The zero-order chi connectivity index (χ0) is 15.1. The molecule has 0 aliphatic carbocycles. The Labute approximate surface area is 132 Å². The normalized spacial score (nSPS) is 11.2. The van der Waals surface area contributed by atoms with Crippen molar-refractivity contribution in [3.63, 3.8) is 0 Å². The maximum Gasteiger partial charge on any atom is 0.0870 e. The maximum atomic E-state index is 5.63. The molecule has 2 nitrogen and oxygen atoms in total. The van der Waals surface area contributed by atoms with Crippen LogP contribution in [0.25, 0.3) is 0 Å². The van der Waals surface area contributed by atoms with Crippen LogP contribution in [-0.4, -0.2) is 29.5 Å². The van der Waals surface area contributed by atoms with Crippen molar-refractivity contribution in [3.05, 3.63) is 0 Å². The molecule has 0 aromatic heterocycles. The van der Waals surface area contributed by atoms with Gasteiger partial charge < -0.3 is 5.73 Å². The summed E-state index contributed by atoms with van der Waals surface area (Å²) >= 11 is 5.00. The summed E-state index contributed by atoms with van der Waals surface area (Å²) in [6.07, 6.45) is 15.1. The van der Waals surface area contributed by atoms with E-state index in [0.717, 1.165) is 19.6 Å². The van der Waals surface area contributed by atoms with Crippen LogP contribution in [0.15, 0.2) is 0 Å². The lowest BCUT2D eigenvalue weighted by Gasteiger charge is -2.20. The molecule has 0 unspecified atom stereocenters. The largest absolute Gasteiger partial charge is 0.392 e. The Morgan fingerprint density at radius 1 is 0.750 bits per heavy atom. The van der Waals surface area contributed by atoms with Crippen LogP contribution in [0.1, 0.15) is 84.5 Å². The average molecular weight is 301 g/mol. The third kappa shape index (κ3) is 14.3. The van der Waals surface area contributed by atoms with E-state index < -0.39 is 0 Å². The van der Waals surface area contributed by atoms with Crippen LogP contribution in [0.4, 0.5) is 0 Å². The first kappa shape index (κ1) is 19.9. The molecule has 3 heteroatoms. The van der Waals surface area contributed by atoms with Gasteiger partial charge in [-0.1, -0.05) is 83.9 Å². The molecule has 0 saturated carbocycles. The molecule has 0 heterocycles. The summed E-state index contributed by atoms with van der Waals surface area (Å²) in [6.45, 7) is 7.56. The zero-order valence-corrected chi connectivity index (χ0v) is 14.6. The first-order valence-corrected chi connectivity index (χ1v) is 9.12. The Morgan fingerprint density at radius 3 is 1.70 bits per heavy atom. The first-order valence-electron chi connectivity index (χ1n) is 8.71. The summed E-state index contributed by atoms with van der Waals surface area (Å²) in [6, 6.07) is 0. The van der Waals surface area contributed by atoms with E-state index in [-0.39, 0.29) is 0 Å². The number of unbranched alkanes of at least 4 members (excludes halogenated alkanes) is 9. The van der Waals surface area contributed by atoms with Crippen LogP contribution in [0, 0.1) is 0 Å². The summed E-state index contributed by atoms with van der Waals surface area (Å²) in [7, 11) is 0. The Kier molecular flexibility index (Phi) is 15.1. The second-order valence-electron chi connectivity index (χ2n) is 5.92. The molecule has 0 rings (SSSR count). The van der Waals surface area contributed by atoms with E-state index in [2.05, 4.69) is 18.7 Å². The zero-order valence-electron chi connectivity index (χ0n) is 13.8. The highest BCUT2D eigenvalue weighted by Crippen LogP contribution is 2.10. The molecule has 2 N–H and O–H groups in total. The molecule has 0 aliphatic rings. The van der Waals surface area contributed by atoms with Gasteiger partial charge >= 0.3 is 0 Å². The lowest BCUT2D eigenvalue weighted by molar-refractivity contribution is 0.303. The molecule has 20 heavy (non-hydrogen) atoms. The third-order valence-corrected chi connectivity index (χ3v) is 3.88. The minimum Gasteiger partial charge on any atom is -0.392 e. The van der Waals surface area contributed by atoms with Crippen LogP contribution in [0.3, 0.4) is 0 Å². The number of hydrogen-bond donors (Lipinski definition) is 1. The Bertz CT molecular complexity index is 219. The second-order valence-corrected chi connectivity index (χ2v) is 6.45. The van der Waals surface area contributed by atoms with Crippen LogP contribution in [0.5, 0.6) is 0 Å². The molecule has 0 aliphatic heterocycles. The molecule has 0 aromatic carbocycles. The number of hydrogen-bond acceptors (Lipinski definition) is 2. The van der Waals surface area contributed by atoms with Crippen molar-refractivity contribution in [1.29, 1.82) is 0 Å². The van der Waals surface area contributed by atoms with Crippen LogP contribution in [0.2, 0.25) is 0 Å². The van der Waals surface area contributed by atoms with Gasteiger partial charge in [-0.05, 0) is 25.9 Å². The lowest BCUT2D eigenvalue weighted by Crippen LogP contribution is -2.34. The number of rotatable bonds is 15. The number of nitrogens with zero attached hydrogens (tertiary/aromatic N) is 1. The summed E-state index contributed by atoms with van der Waals surface area (Å²) in [5.41, 5.74) is 5.63. The van der Waals surface area contributed by atoms with E-state index in [4.69, 9.17) is 18.0 Å². The van der Waals surface area contributed by atoms with Gasteiger partial charge in [0.1, 0.15) is 0 Å². The summed E-state index contributed by atoms with van der Waals surface area (Å²) in [5, 5.41) is 0. The molecule has 0 spiro atoms. The van der Waals surface area contributed by atoms with Gasteiger partial charge in [0.2, 0.25) is 0 Å². The number of nitrogens with two attached hydrogens (primary N) is 1. The summed E-state index contributed by atoms with van der Waals surface area (Å²) < 4.78 is 0. The Hall–Kier alpha value is -0.150. The van der Waals surface area contributed by atoms with E-state index >= 15 is 0 Å². The molecule has 0 fully saturated rings. The average Bonchev–Trinajstić information content (AvgIpc) is 2.40. The van der Waals surface area contributed by atoms with E-state index in [9.17, 15) is 0 Å². The molecule has 120 valence electrons. The summed E-state index contributed by atoms with van der Waals surface area (Å²) in [5.74, 6) is 0. The van der Waals surface area contributed by atoms with Gasteiger partial charge in [-0.2, -0.15) is 0 Å². The Morgan fingerprint density at radius 2 is 1.25 bits per heavy atom. The van der Waals surface area contributed by atoms with Crippen molar-refractivity contribution < 1.29 is 0 Å². The van der Waals surface area contributed by atoms with E-state index in [1.54, 1.807) is 0 Å². The highest BCUT2D eigenvalue weighted by atomic mass is 32.1. The van der Waals surface area contributed by atoms with Gasteiger partial charge in [0.05, 0.1) is 4.99 Å². The minimum atomic E-state index is 0.630. The van der Waals surface area contributed by atoms with Crippen molar-refractivity contribution >= 4 is 17.2 Å². The highest BCUT2D eigenvalue weighted by molar-refractivity contribution is 7.80. The smallest absolute Gasteiger partial charge is 0.0870 e. The predicted molar refractivity (Wildman–Crippen MR) is 95.4 cm³/mol. The fourth-order valence-corrected chi connectivity index (χ4v) is 2.81. The van der Waals surface area contributed by atoms with E-state index in [1.807, 2.05) is 0 Å². The number of thiocarbonyl (C=S) groups is 1. The van der Waals surface area contributed by atoms with Gasteiger partial charge in [0, 0.05) is 6.54 Å². The fraction of sp³-hybridized carbons (Fsp3) is 0.941. The quantitative estimate of drug-likeness (QED) is 0.344. The molecule has 0 saturated heterocycles. The van der Waals surface area contributed by atoms with Gasteiger partial charge in [0.15, 0.2) is 0 Å². The molecule has 0 radical (unpaired) electrons.